The summed E-state index contributed by atoms with van der Waals surface area (Å²) in [5, 5.41) is 17.6. The lowest BCUT2D eigenvalue weighted by Crippen LogP contribution is -2.12. The van der Waals surface area contributed by atoms with Gasteiger partial charge < -0.3 is 9.84 Å². The summed E-state index contributed by atoms with van der Waals surface area (Å²) in [5.41, 5.74) is 1.65. The fraction of sp³-hybridized carbons (Fsp3) is 0. The van der Waals surface area contributed by atoms with Gasteiger partial charge in [0.2, 0.25) is 5.82 Å². The molecule has 0 aliphatic heterocycles. The van der Waals surface area contributed by atoms with Gasteiger partial charge in [-0.05, 0) is 30.3 Å². The van der Waals surface area contributed by atoms with E-state index in [9.17, 15) is 14.9 Å². The van der Waals surface area contributed by atoms with Gasteiger partial charge in [-0.15, -0.1) is 0 Å². The summed E-state index contributed by atoms with van der Waals surface area (Å²) in [7, 11) is 0. The fourth-order valence-corrected chi connectivity index (χ4v) is 2.68. The predicted molar refractivity (Wildman–Crippen MR) is 104 cm³/mol. The number of carbonyl (C=O) groups is 1. The quantitative estimate of drug-likeness (QED) is 0.406. The lowest BCUT2D eigenvalue weighted by molar-refractivity contribution is -0.384. The standard InChI is InChI=1S/C20H13N5O4/c26-19(13-5-3-7-15(11-13)25(27)28)22-17-9-2-1-8-16(17)20-23-18(24-29-20)14-6-4-10-21-12-14/h1-12H,(H,22,26). The minimum Gasteiger partial charge on any atom is -0.334 e. The van der Waals surface area contributed by atoms with Crippen molar-refractivity contribution in [3.63, 3.8) is 0 Å². The molecule has 0 radical (unpaired) electrons. The minimum atomic E-state index is -0.552. The van der Waals surface area contributed by atoms with Crippen LogP contribution >= 0.6 is 0 Å². The third-order valence-electron chi connectivity index (χ3n) is 4.07. The zero-order valence-electron chi connectivity index (χ0n) is 14.9. The Kier molecular flexibility index (Phi) is 4.77. The normalized spacial score (nSPS) is 10.5. The van der Waals surface area contributed by atoms with Gasteiger partial charge in [-0.2, -0.15) is 4.98 Å². The molecule has 0 atom stereocenters. The van der Waals surface area contributed by atoms with Crippen molar-refractivity contribution in [1.29, 1.82) is 0 Å². The number of hydrogen-bond donors (Lipinski definition) is 1. The van der Waals surface area contributed by atoms with E-state index >= 15 is 0 Å². The summed E-state index contributed by atoms with van der Waals surface area (Å²) in [6.45, 7) is 0. The van der Waals surface area contributed by atoms with Crippen molar-refractivity contribution >= 4 is 17.3 Å². The first-order valence-corrected chi connectivity index (χ1v) is 8.51. The highest BCUT2D eigenvalue weighted by atomic mass is 16.6. The van der Waals surface area contributed by atoms with Crippen LogP contribution in [0.1, 0.15) is 10.4 Å². The lowest BCUT2D eigenvalue weighted by atomic mass is 10.1. The highest BCUT2D eigenvalue weighted by Gasteiger charge is 2.17. The van der Waals surface area contributed by atoms with Gasteiger partial charge in [0.25, 0.3) is 17.5 Å². The molecule has 0 saturated carbocycles. The minimum absolute atomic E-state index is 0.163. The molecular formula is C20H13N5O4. The molecule has 9 nitrogen and oxygen atoms in total. The first kappa shape index (κ1) is 18.0. The van der Waals surface area contributed by atoms with Crippen LogP contribution in [-0.2, 0) is 0 Å². The summed E-state index contributed by atoms with van der Waals surface area (Å²) < 4.78 is 5.35. The molecule has 0 saturated heterocycles. The number of nitrogens with one attached hydrogen (secondary N) is 1. The number of non-ortho nitro benzene ring substituents is 1. The van der Waals surface area contributed by atoms with E-state index in [1.165, 1.54) is 24.3 Å². The number of hydrogen-bond acceptors (Lipinski definition) is 7. The molecule has 2 aromatic carbocycles. The topological polar surface area (TPSA) is 124 Å². The molecule has 0 spiro atoms. The number of anilines is 1. The number of nitro groups is 1. The van der Waals surface area contributed by atoms with Gasteiger partial charge in [0.05, 0.1) is 16.2 Å². The molecule has 1 N–H and O–H groups in total. The third-order valence-corrected chi connectivity index (χ3v) is 4.07. The number of nitrogens with zero attached hydrogens (tertiary/aromatic N) is 4. The van der Waals surface area contributed by atoms with E-state index in [4.69, 9.17) is 4.52 Å². The van der Waals surface area contributed by atoms with Crippen molar-refractivity contribution in [2.75, 3.05) is 5.32 Å². The van der Waals surface area contributed by atoms with Gasteiger partial charge in [0.1, 0.15) is 0 Å². The summed E-state index contributed by atoms with van der Waals surface area (Å²) in [4.78, 5) is 31.4. The van der Waals surface area contributed by atoms with Crippen LogP contribution in [-0.4, -0.2) is 26.0 Å². The Bertz CT molecular complexity index is 1190. The second kappa shape index (κ2) is 7.69. The average molecular weight is 387 g/mol. The Balaban J connectivity index is 1.63. The monoisotopic (exact) mass is 387 g/mol. The number of para-hydroxylation sites is 1. The van der Waals surface area contributed by atoms with Gasteiger partial charge in [-0.3, -0.25) is 19.9 Å². The van der Waals surface area contributed by atoms with Crippen molar-refractivity contribution in [2.45, 2.75) is 0 Å². The number of nitro benzene ring substituents is 1. The maximum atomic E-state index is 12.6. The van der Waals surface area contributed by atoms with Gasteiger partial charge in [0, 0.05) is 35.7 Å². The van der Waals surface area contributed by atoms with E-state index in [-0.39, 0.29) is 17.1 Å². The van der Waals surface area contributed by atoms with Gasteiger partial charge in [0.15, 0.2) is 0 Å². The van der Waals surface area contributed by atoms with E-state index in [1.54, 1.807) is 48.8 Å². The third kappa shape index (κ3) is 3.83. The number of aromatic nitrogens is 3. The van der Waals surface area contributed by atoms with Crippen LogP contribution in [0.5, 0.6) is 0 Å². The van der Waals surface area contributed by atoms with Crippen molar-refractivity contribution in [3.8, 4) is 22.8 Å². The van der Waals surface area contributed by atoms with Gasteiger partial charge >= 0.3 is 0 Å². The average Bonchev–Trinajstić information content (AvgIpc) is 3.25. The summed E-state index contributed by atoms with van der Waals surface area (Å²) >= 11 is 0. The van der Waals surface area contributed by atoms with Crippen LogP contribution < -0.4 is 5.32 Å². The lowest BCUT2D eigenvalue weighted by Gasteiger charge is -2.08. The molecule has 0 fully saturated rings. The van der Waals surface area contributed by atoms with Crippen molar-refractivity contribution < 1.29 is 14.2 Å². The maximum absolute atomic E-state index is 12.6. The largest absolute Gasteiger partial charge is 0.334 e. The van der Waals surface area contributed by atoms with Crippen LogP contribution in [0, 0.1) is 10.1 Å². The Morgan fingerprint density at radius 3 is 2.72 bits per heavy atom. The number of pyridine rings is 1. The number of carbonyl (C=O) groups excluding carboxylic acids is 1. The molecule has 4 rings (SSSR count). The van der Waals surface area contributed by atoms with Crippen molar-refractivity contribution in [1.82, 2.24) is 15.1 Å². The Morgan fingerprint density at radius 2 is 1.93 bits per heavy atom. The highest BCUT2D eigenvalue weighted by molar-refractivity contribution is 6.06. The van der Waals surface area contributed by atoms with Crippen LogP contribution in [0.25, 0.3) is 22.8 Å². The van der Waals surface area contributed by atoms with Gasteiger partial charge in [-0.25, -0.2) is 0 Å². The molecule has 2 aromatic heterocycles. The van der Waals surface area contributed by atoms with Crippen LogP contribution in [0.4, 0.5) is 11.4 Å². The van der Waals surface area contributed by atoms with Crippen molar-refractivity contribution in [2.24, 2.45) is 0 Å². The van der Waals surface area contributed by atoms with Crippen LogP contribution in [0.15, 0.2) is 77.6 Å². The zero-order valence-corrected chi connectivity index (χ0v) is 14.9. The van der Waals surface area contributed by atoms with Gasteiger partial charge in [-0.1, -0.05) is 23.4 Å². The molecule has 1 amide bonds. The van der Waals surface area contributed by atoms with Crippen molar-refractivity contribution in [3.05, 3.63) is 88.7 Å². The van der Waals surface area contributed by atoms with E-state index in [0.29, 0.717) is 22.6 Å². The highest BCUT2D eigenvalue weighted by Crippen LogP contribution is 2.28. The van der Waals surface area contributed by atoms with E-state index < -0.39 is 10.8 Å². The molecule has 9 heteroatoms. The molecule has 0 unspecified atom stereocenters. The maximum Gasteiger partial charge on any atom is 0.270 e. The summed E-state index contributed by atoms with van der Waals surface area (Å²) in [5.74, 6) is 0.0971. The smallest absolute Gasteiger partial charge is 0.270 e. The number of benzene rings is 2. The molecule has 142 valence electrons. The molecule has 2 heterocycles. The molecule has 0 bridgehead atoms. The molecular weight excluding hydrogens is 374 g/mol. The first-order chi connectivity index (χ1) is 14.1. The molecule has 29 heavy (non-hydrogen) atoms. The van der Waals surface area contributed by atoms with Crippen LogP contribution in [0.3, 0.4) is 0 Å². The Hall–Kier alpha value is -4.40. The molecule has 0 aliphatic carbocycles. The predicted octanol–water partition coefficient (Wildman–Crippen LogP) is 3.96. The van der Waals surface area contributed by atoms with E-state index in [0.717, 1.165) is 0 Å². The van der Waals surface area contributed by atoms with E-state index in [1.807, 2.05) is 0 Å². The molecule has 0 aliphatic rings. The van der Waals surface area contributed by atoms with E-state index in [2.05, 4.69) is 20.4 Å². The summed E-state index contributed by atoms with van der Waals surface area (Å²) in [6.07, 6.45) is 3.26. The zero-order chi connectivity index (χ0) is 20.2. The second-order valence-corrected chi connectivity index (χ2v) is 5.97. The number of rotatable bonds is 5. The summed E-state index contributed by atoms with van der Waals surface area (Å²) in [6, 6.07) is 16.0. The SMILES string of the molecule is O=C(Nc1ccccc1-c1nc(-c2cccnc2)no1)c1cccc([N+](=O)[O-])c1. The second-order valence-electron chi connectivity index (χ2n) is 5.97. The molecule has 4 aromatic rings. The Morgan fingerprint density at radius 1 is 1.07 bits per heavy atom. The number of amides is 1. The Labute approximate surface area is 164 Å². The van der Waals surface area contributed by atoms with Crippen LogP contribution in [0.2, 0.25) is 0 Å². The fourth-order valence-electron chi connectivity index (χ4n) is 2.68. The first-order valence-electron chi connectivity index (χ1n) is 8.51.